The second-order valence-corrected chi connectivity index (χ2v) is 6.02. The molecule has 0 bridgehead atoms. The summed E-state index contributed by atoms with van der Waals surface area (Å²) in [6.07, 6.45) is 2.23. The molecule has 0 aliphatic carbocycles. The Morgan fingerprint density at radius 3 is 2.18 bits per heavy atom. The molecular weight excluding hydrogens is 236 g/mol. The molecule has 17 heavy (non-hydrogen) atoms. The van der Waals surface area contributed by atoms with E-state index in [2.05, 4.69) is 6.58 Å². The van der Waals surface area contributed by atoms with Gasteiger partial charge in [-0.2, -0.15) is 0 Å². The van der Waals surface area contributed by atoms with Crippen molar-refractivity contribution < 1.29 is 13.2 Å². The summed E-state index contributed by atoms with van der Waals surface area (Å²) in [6.45, 7) is 5.73. The minimum atomic E-state index is -3.20. The largest absolute Gasteiger partial charge is 0.294 e. The van der Waals surface area contributed by atoms with E-state index in [0.29, 0.717) is 12.0 Å². The van der Waals surface area contributed by atoms with Gasteiger partial charge in [0, 0.05) is 18.2 Å². The molecule has 1 aromatic rings. The second kappa shape index (κ2) is 5.27. The van der Waals surface area contributed by atoms with Gasteiger partial charge < -0.3 is 0 Å². The minimum absolute atomic E-state index is 0.0306. The van der Waals surface area contributed by atoms with Gasteiger partial charge in [-0.15, -0.1) is 0 Å². The van der Waals surface area contributed by atoms with Crippen LogP contribution < -0.4 is 0 Å². The average molecular weight is 252 g/mol. The molecule has 3 nitrogen and oxygen atoms in total. The maximum atomic E-state index is 11.8. The zero-order valence-corrected chi connectivity index (χ0v) is 10.9. The molecule has 0 spiro atoms. The second-order valence-electron chi connectivity index (χ2n) is 4.00. The first-order valence-corrected chi connectivity index (χ1v) is 7.23. The lowest BCUT2D eigenvalue weighted by Crippen LogP contribution is -2.02. The predicted molar refractivity (Wildman–Crippen MR) is 67.9 cm³/mol. The summed E-state index contributed by atoms with van der Waals surface area (Å²) in [5.74, 6) is -0.0306. The van der Waals surface area contributed by atoms with Crippen LogP contribution in [0.15, 0.2) is 41.3 Å². The van der Waals surface area contributed by atoms with Crippen LogP contribution >= 0.6 is 0 Å². The summed E-state index contributed by atoms with van der Waals surface area (Å²) < 4.78 is 22.5. The fraction of sp³-hybridized carbons (Fsp3) is 0.308. The van der Waals surface area contributed by atoms with Gasteiger partial charge in [-0.1, -0.05) is 31.2 Å². The standard InChI is InChI=1S/C13H16O3S/c1-4-10(2)9-13(14)11-5-7-12(8-6-11)17(3,15)16/h5-8H,2,4,9H2,1,3H3. The van der Waals surface area contributed by atoms with Gasteiger partial charge in [0.25, 0.3) is 0 Å². The van der Waals surface area contributed by atoms with Gasteiger partial charge in [-0.05, 0) is 18.6 Å². The molecule has 0 unspecified atom stereocenters. The van der Waals surface area contributed by atoms with Crippen molar-refractivity contribution in [2.45, 2.75) is 24.7 Å². The van der Waals surface area contributed by atoms with Crippen LogP contribution in [0.2, 0.25) is 0 Å². The Hall–Kier alpha value is -1.42. The Kier molecular flexibility index (Phi) is 4.23. The van der Waals surface area contributed by atoms with Crippen molar-refractivity contribution in [3.05, 3.63) is 42.0 Å². The molecule has 4 heteroatoms. The van der Waals surface area contributed by atoms with E-state index in [1.54, 1.807) is 12.1 Å². The lowest BCUT2D eigenvalue weighted by Gasteiger charge is -2.03. The van der Waals surface area contributed by atoms with Crippen LogP contribution in [0.25, 0.3) is 0 Å². The van der Waals surface area contributed by atoms with Crippen molar-refractivity contribution >= 4 is 15.6 Å². The fourth-order valence-electron chi connectivity index (χ4n) is 1.34. The highest BCUT2D eigenvalue weighted by Gasteiger charge is 2.10. The third-order valence-corrected chi connectivity index (χ3v) is 3.64. The van der Waals surface area contributed by atoms with E-state index in [9.17, 15) is 13.2 Å². The molecule has 0 aliphatic heterocycles. The van der Waals surface area contributed by atoms with Gasteiger partial charge in [0.15, 0.2) is 15.6 Å². The maximum absolute atomic E-state index is 11.8. The van der Waals surface area contributed by atoms with Crippen molar-refractivity contribution in [2.75, 3.05) is 6.26 Å². The normalized spacial score (nSPS) is 11.2. The molecule has 0 fully saturated rings. The number of hydrogen-bond donors (Lipinski definition) is 0. The van der Waals surface area contributed by atoms with Gasteiger partial charge in [0.2, 0.25) is 0 Å². The number of carbonyl (C=O) groups is 1. The molecular formula is C13H16O3S. The zero-order chi connectivity index (χ0) is 13.1. The SMILES string of the molecule is C=C(CC)CC(=O)c1ccc(S(C)(=O)=O)cc1. The van der Waals surface area contributed by atoms with Crippen LogP contribution in [0.4, 0.5) is 0 Å². The van der Waals surface area contributed by atoms with E-state index < -0.39 is 9.84 Å². The van der Waals surface area contributed by atoms with E-state index in [1.807, 2.05) is 6.92 Å². The first-order valence-electron chi connectivity index (χ1n) is 5.34. The third-order valence-electron chi connectivity index (χ3n) is 2.52. The van der Waals surface area contributed by atoms with Crippen LogP contribution in [0.5, 0.6) is 0 Å². The highest BCUT2D eigenvalue weighted by Crippen LogP contribution is 2.14. The highest BCUT2D eigenvalue weighted by atomic mass is 32.2. The number of ketones is 1. The first-order chi connectivity index (χ1) is 7.84. The van der Waals surface area contributed by atoms with Crippen LogP contribution in [0, 0.1) is 0 Å². The molecule has 1 aromatic carbocycles. The van der Waals surface area contributed by atoms with Crippen LogP contribution in [0.1, 0.15) is 30.1 Å². The molecule has 0 saturated heterocycles. The Balaban J connectivity index is 2.88. The monoisotopic (exact) mass is 252 g/mol. The van der Waals surface area contributed by atoms with Gasteiger partial charge in [-0.3, -0.25) is 4.79 Å². The van der Waals surface area contributed by atoms with E-state index in [4.69, 9.17) is 0 Å². The lowest BCUT2D eigenvalue weighted by atomic mass is 10.0. The number of allylic oxidation sites excluding steroid dienone is 1. The van der Waals surface area contributed by atoms with Crippen LogP contribution in [-0.2, 0) is 9.84 Å². The highest BCUT2D eigenvalue weighted by molar-refractivity contribution is 7.90. The lowest BCUT2D eigenvalue weighted by molar-refractivity contribution is 0.0992. The van der Waals surface area contributed by atoms with E-state index in [0.717, 1.165) is 18.2 Å². The molecule has 0 aliphatic rings. The summed E-state index contributed by atoms with van der Waals surface area (Å²) in [7, 11) is -3.20. The van der Waals surface area contributed by atoms with Crippen molar-refractivity contribution in [1.29, 1.82) is 0 Å². The topological polar surface area (TPSA) is 51.2 Å². The van der Waals surface area contributed by atoms with Crippen molar-refractivity contribution in [2.24, 2.45) is 0 Å². The van der Waals surface area contributed by atoms with Gasteiger partial charge in [0.1, 0.15) is 0 Å². The number of rotatable bonds is 5. The first kappa shape index (κ1) is 13.6. The van der Waals surface area contributed by atoms with E-state index in [1.165, 1.54) is 12.1 Å². The van der Waals surface area contributed by atoms with Gasteiger partial charge in [0.05, 0.1) is 4.90 Å². The molecule has 0 aromatic heterocycles. The fourth-order valence-corrected chi connectivity index (χ4v) is 1.97. The average Bonchev–Trinajstić information content (AvgIpc) is 2.27. The summed E-state index contributed by atoms with van der Waals surface area (Å²) in [6, 6.07) is 6.00. The smallest absolute Gasteiger partial charge is 0.175 e. The molecule has 0 atom stereocenters. The molecule has 0 saturated carbocycles. The third kappa shape index (κ3) is 3.82. The van der Waals surface area contributed by atoms with E-state index >= 15 is 0 Å². The molecule has 0 heterocycles. The summed E-state index contributed by atoms with van der Waals surface area (Å²) in [4.78, 5) is 12.0. The molecule has 1 rings (SSSR count). The van der Waals surface area contributed by atoms with Gasteiger partial charge in [-0.25, -0.2) is 8.42 Å². The summed E-state index contributed by atoms with van der Waals surface area (Å²) >= 11 is 0. The van der Waals surface area contributed by atoms with Crippen molar-refractivity contribution in [1.82, 2.24) is 0 Å². The van der Waals surface area contributed by atoms with Crippen molar-refractivity contribution in [3.63, 3.8) is 0 Å². The number of hydrogen-bond acceptors (Lipinski definition) is 3. The zero-order valence-electron chi connectivity index (χ0n) is 10.1. The Labute approximate surface area is 102 Å². The molecule has 92 valence electrons. The minimum Gasteiger partial charge on any atom is -0.294 e. The summed E-state index contributed by atoms with van der Waals surface area (Å²) in [5, 5.41) is 0. The number of Topliss-reactive ketones (excluding diaryl/α,β-unsaturated/α-hetero) is 1. The number of carbonyl (C=O) groups excluding carboxylic acids is 1. The van der Waals surface area contributed by atoms with Gasteiger partial charge >= 0.3 is 0 Å². The molecule has 0 N–H and O–H groups in total. The quantitative estimate of drug-likeness (QED) is 0.598. The predicted octanol–water partition coefficient (Wildman–Crippen LogP) is 2.63. The Morgan fingerprint density at radius 2 is 1.76 bits per heavy atom. The number of sulfone groups is 1. The number of benzene rings is 1. The Bertz CT molecular complexity index is 524. The van der Waals surface area contributed by atoms with E-state index in [-0.39, 0.29) is 10.7 Å². The maximum Gasteiger partial charge on any atom is 0.175 e. The van der Waals surface area contributed by atoms with Crippen molar-refractivity contribution in [3.8, 4) is 0 Å². The van der Waals surface area contributed by atoms with Crippen LogP contribution in [-0.4, -0.2) is 20.5 Å². The Morgan fingerprint density at radius 1 is 1.24 bits per heavy atom. The molecule has 0 radical (unpaired) electrons. The molecule has 0 amide bonds. The van der Waals surface area contributed by atoms with Crippen LogP contribution in [0.3, 0.4) is 0 Å². The summed E-state index contributed by atoms with van der Waals surface area (Å²) in [5.41, 5.74) is 1.40.